The van der Waals surface area contributed by atoms with Gasteiger partial charge in [-0.1, -0.05) is 39.0 Å². The van der Waals surface area contributed by atoms with E-state index in [4.69, 9.17) is 5.73 Å². The van der Waals surface area contributed by atoms with E-state index < -0.39 is 0 Å². The molecule has 0 spiro atoms. The maximum atomic E-state index is 5.63. The minimum atomic E-state index is 0.483. The molecule has 1 heterocycles. The molecule has 0 bridgehead atoms. The van der Waals surface area contributed by atoms with Crippen LogP contribution < -0.4 is 5.73 Å². The van der Waals surface area contributed by atoms with Crippen LogP contribution >= 0.6 is 0 Å². The van der Waals surface area contributed by atoms with Gasteiger partial charge in [-0.25, -0.2) is 0 Å². The molecule has 0 aliphatic carbocycles. The van der Waals surface area contributed by atoms with E-state index >= 15 is 0 Å². The summed E-state index contributed by atoms with van der Waals surface area (Å²) >= 11 is 0. The molecule has 2 N–H and O–H groups in total. The molecule has 0 fully saturated rings. The normalized spacial score (nSPS) is 11.0. The smallest absolute Gasteiger partial charge is 0.146 e. The molecule has 4 heteroatoms. The molecule has 0 aliphatic heterocycles. The first-order valence-corrected chi connectivity index (χ1v) is 6.94. The number of unbranched alkanes of at least 4 members (excludes halogenated alkanes) is 5. The Morgan fingerprint density at radius 3 is 2.24 bits per heavy atom. The first kappa shape index (κ1) is 14.2. The number of aryl methyl sites for hydroxylation is 1. The summed E-state index contributed by atoms with van der Waals surface area (Å²) in [4.78, 5) is 0. The average Bonchev–Trinajstić information content (AvgIpc) is 2.75. The predicted octanol–water partition coefficient (Wildman–Crippen LogP) is 2.66. The Bertz CT molecular complexity index is 306. The lowest BCUT2D eigenvalue weighted by Crippen LogP contribution is -2.09. The molecular formula is C13H26N4. The minimum Gasteiger partial charge on any atom is -0.324 e. The van der Waals surface area contributed by atoms with Gasteiger partial charge in [0, 0.05) is 13.0 Å². The molecular weight excluding hydrogens is 212 g/mol. The molecule has 1 aromatic rings. The van der Waals surface area contributed by atoms with E-state index in [1.165, 1.54) is 38.5 Å². The largest absolute Gasteiger partial charge is 0.324 e. The fourth-order valence-electron chi connectivity index (χ4n) is 2.14. The molecule has 98 valence electrons. The summed E-state index contributed by atoms with van der Waals surface area (Å²) in [7, 11) is 0. The number of rotatable bonds is 9. The van der Waals surface area contributed by atoms with Gasteiger partial charge in [-0.3, -0.25) is 0 Å². The Kier molecular flexibility index (Phi) is 6.86. The summed E-state index contributed by atoms with van der Waals surface area (Å²) in [5, 5.41) is 8.35. The molecule has 1 aromatic heterocycles. The first-order valence-electron chi connectivity index (χ1n) is 6.94. The van der Waals surface area contributed by atoms with Crippen LogP contribution in [0.5, 0.6) is 0 Å². The van der Waals surface area contributed by atoms with Crippen molar-refractivity contribution in [2.75, 3.05) is 0 Å². The van der Waals surface area contributed by atoms with Gasteiger partial charge < -0.3 is 10.3 Å². The topological polar surface area (TPSA) is 56.7 Å². The van der Waals surface area contributed by atoms with Crippen LogP contribution in [-0.4, -0.2) is 14.8 Å². The summed E-state index contributed by atoms with van der Waals surface area (Å²) in [6, 6.07) is 0. The standard InChI is InChI=1S/C13H26N4/c1-3-5-6-7-8-9-10-12-15-16-13(11-14)17(12)4-2/h3-11,14H2,1-2H3. The SMILES string of the molecule is CCCCCCCCc1nnc(CN)n1CC. The Morgan fingerprint density at radius 2 is 1.59 bits per heavy atom. The summed E-state index contributed by atoms with van der Waals surface area (Å²) in [5.74, 6) is 2.01. The zero-order chi connectivity index (χ0) is 12.5. The summed E-state index contributed by atoms with van der Waals surface area (Å²) in [6.07, 6.45) is 8.93. The monoisotopic (exact) mass is 238 g/mol. The Labute approximate surface area is 105 Å². The number of hydrogen-bond acceptors (Lipinski definition) is 3. The van der Waals surface area contributed by atoms with Gasteiger partial charge in [-0.05, 0) is 13.3 Å². The number of nitrogens with zero attached hydrogens (tertiary/aromatic N) is 3. The van der Waals surface area contributed by atoms with Crippen LogP contribution in [0.4, 0.5) is 0 Å². The maximum Gasteiger partial charge on any atom is 0.146 e. The van der Waals surface area contributed by atoms with Crippen molar-refractivity contribution in [3.63, 3.8) is 0 Å². The lowest BCUT2D eigenvalue weighted by Gasteiger charge is -2.06. The van der Waals surface area contributed by atoms with E-state index in [0.717, 1.165) is 24.6 Å². The highest BCUT2D eigenvalue weighted by molar-refractivity contribution is 4.95. The molecule has 0 aromatic carbocycles. The molecule has 4 nitrogen and oxygen atoms in total. The van der Waals surface area contributed by atoms with Crippen LogP contribution in [0.1, 0.15) is 64.0 Å². The third-order valence-corrected chi connectivity index (χ3v) is 3.16. The lowest BCUT2D eigenvalue weighted by atomic mass is 10.1. The van der Waals surface area contributed by atoms with Crippen molar-refractivity contribution in [3.8, 4) is 0 Å². The van der Waals surface area contributed by atoms with E-state index in [-0.39, 0.29) is 0 Å². The molecule has 0 radical (unpaired) electrons. The zero-order valence-electron chi connectivity index (χ0n) is 11.3. The van der Waals surface area contributed by atoms with Gasteiger partial charge in [0.1, 0.15) is 11.6 Å². The zero-order valence-corrected chi connectivity index (χ0v) is 11.3. The summed E-state index contributed by atoms with van der Waals surface area (Å²) in [5.41, 5.74) is 5.63. The fourth-order valence-corrected chi connectivity index (χ4v) is 2.14. The van der Waals surface area contributed by atoms with E-state index in [1.54, 1.807) is 0 Å². The summed E-state index contributed by atoms with van der Waals surface area (Å²) < 4.78 is 2.14. The lowest BCUT2D eigenvalue weighted by molar-refractivity contribution is 0.583. The number of nitrogens with two attached hydrogens (primary N) is 1. The van der Waals surface area contributed by atoms with Crippen molar-refractivity contribution < 1.29 is 0 Å². The molecule has 0 saturated heterocycles. The van der Waals surface area contributed by atoms with Crippen molar-refractivity contribution in [1.82, 2.24) is 14.8 Å². The minimum absolute atomic E-state index is 0.483. The molecule has 0 aliphatic rings. The molecule has 0 amide bonds. The van der Waals surface area contributed by atoms with Crippen LogP contribution in [0.3, 0.4) is 0 Å². The predicted molar refractivity (Wildman–Crippen MR) is 70.7 cm³/mol. The Morgan fingerprint density at radius 1 is 0.941 bits per heavy atom. The van der Waals surface area contributed by atoms with Gasteiger partial charge in [0.2, 0.25) is 0 Å². The van der Waals surface area contributed by atoms with Gasteiger partial charge in [0.15, 0.2) is 0 Å². The highest BCUT2D eigenvalue weighted by Gasteiger charge is 2.08. The molecule has 0 unspecified atom stereocenters. The van der Waals surface area contributed by atoms with Gasteiger partial charge in [-0.15, -0.1) is 10.2 Å². The van der Waals surface area contributed by atoms with Crippen molar-refractivity contribution in [2.45, 2.75) is 71.9 Å². The second-order valence-corrected chi connectivity index (χ2v) is 4.50. The fraction of sp³-hybridized carbons (Fsp3) is 0.846. The van der Waals surface area contributed by atoms with Gasteiger partial charge in [-0.2, -0.15) is 0 Å². The number of aromatic nitrogens is 3. The quantitative estimate of drug-likeness (QED) is 0.673. The van der Waals surface area contributed by atoms with Crippen LogP contribution in [0.15, 0.2) is 0 Å². The van der Waals surface area contributed by atoms with E-state index in [2.05, 4.69) is 28.6 Å². The van der Waals surface area contributed by atoms with Crippen LogP contribution in [0.25, 0.3) is 0 Å². The number of hydrogen-bond donors (Lipinski definition) is 1. The van der Waals surface area contributed by atoms with Gasteiger partial charge >= 0.3 is 0 Å². The van der Waals surface area contributed by atoms with Crippen LogP contribution in [0.2, 0.25) is 0 Å². The molecule has 1 rings (SSSR count). The Balaban J connectivity index is 2.29. The van der Waals surface area contributed by atoms with Gasteiger partial charge in [0.05, 0.1) is 6.54 Å². The van der Waals surface area contributed by atoms with E-state index in [1.807, 2.05) is 0 Å². The highest BCUT2D eigenvalue weighted by atomic mass is 15.3. The first-order chi connectivity index (χ1) is 8.33. The Hall–Kier alpha value is -0.900. The average molecular weight is 238 g/mol. The third-order valence-electron chi connectivity index (χ3n) is 3.16. The molecule has 17 heavy (non-hydrogen) atoms. The molecule has 0 saturated carbocycles. The van der Waals surface area contributed by atoms with Crippen LogP contribution in [-0.2, 0) is 19.5 Å². The van der Waals surface area contributed by atoms with Crippen molar-refractivity contribution in [1.29, 1.82) is 0 Å². The van der Waals surface area contributed by atoms with E-state index in [9.17, 15) is 0 Å². The third kappa shape index (κ3) is 4.46. The van der Waals surface area contributed by atoms with E-state index in [0.29, 0.717) is 6.54 Å². The highest BCUT2D eigenvalue weighted by Crippen LogP contribution is 2.09. The van der Waals surface area contributed by atoms with Crippen molar-refractivity contribution in [3.05, 3.63) is 11.6 Å². The van der Waals surface area contributed by atoms with Gasteiger partial charge in [0.25, 0.3) is 0 Å². The molecule has 0 atom stereocenters. The summed E-state index contributed by atoms with van der Waals surface area (Å²) in [6.45, 7) is 5.77. The van der Waals surface area contributed by atoms with Crippen LogP contribution in [0, 0.1) is 0 Å². The second kappa shape index (κ2) is 8.23. The van der Waals surface area contributed by atoms with Crippen molar-refractivity contribution in [2.24, 2.45) is 5.73 Å². The van der Waals surface area contributed by atoms with Crippen molar-refractivity contribution >= 4 is 0 Å². The maximum absolute atomic E-state index is 5.63. The second-order valence-electron chi connectivity index (χ2n) is 4.50.